The standard InChI is InChI=1S/C16H21F3N2O2/c1-15(2)10-21(7-6-13(15)20)14(22)9-23-12-5-3-4-11(8-12)16(17,18)19/h3-5,8,13H,6-7,9-10,20H2,1-2H3. The van der Waals surface area contributed by atoms with Crippen LogP contribution < -0.4 is 10.5 Å². The average molecular weight is 330 g/mol. The fourth-order valence-corrected chi connectivity index (χ4v) is 2.59. The number of piperidine rings is 1. The van der Waals surface area contributed by atoms with Gasteiger partial charge in [0, 0.05) is 19.1 Å². The van der Waals surface area contributed by atoms with Gasteiger partial charge in [0.05, 0.1) is 5.56 Å². The Balaban J connectivity index is 1.95. The van der Waals surface area contributed by atoms with Crippen molar-refractivity contribution in [3.05, 3.63) is 29.8 Å². The molecule has 0 bridgehead atoms. The van der Waals surface area contributed by atoms with Crippen molar-refractivity contribution in [3.8, 4) is 5.75 Å². The van der Waals surface area contributed by atoms with Crippen molar-refractivity contribution in [2.24, 2.45) is 11.1 Å². The van der Waals surface area contributed by atoms with Crippen molar-refractivity contribution in [1.82, 2.24) is 4.90 Å². The topological polar surface area (TPSA) is 55.6 Å². The summed E-state index contributed by atoms with van der Waals surface area (Å²) in [5.41, 5.74) is 5.03. The summed E-state index contributed by atoms with van der Waals surface area (Å²) in [5, 5.41) is 0. The summed E-state index contributed by atoms with van der Waals surface area (Å²) in [7, 11) is 0. The summed E-state index contributed by atoms with van der Waals surface area (Å²) in [5.74, 6) is -0.219. The number of carbonyl (C=O) groups is 1. The largest absolute Gasteiger partial charge is 0.484 e. The highest BCUT2D eigenvalue weighted by molar-refractivity contribution is 5.78. The Bertz CT molecular complexity index is 573. The monoisotopic (exact) mass is 330 g/mol. The molecular formula is C16H21F3N2O2. The Morgan fingerprint density at radius 3 is 2.74 bits per heavy atom. The molecule has 1 aliphatic heterocycles. The van der Waals surface area contributed by atoms with Crippen LogP contribution in [0.5, 0.6) is 5.75 Å². The number of hydrogen-bond acceptors (Lipinski definition) is 3. The predicted octanol–water partition coefficient (Wildman–Crippen LogP) is 2.67. The second-order valence-corrected chi connectivity index (χ2v) is 6.51. The normalized spacial score (nSPS) is 21.1. The lowest BCUT2D eigenvalue weighted by Gasteiger charge is -2.42. The lowest BCUT2D eigenvalue weighted by atomic mass is 9.80. The second kappa shape index (κ2) is 6.39. The number of nitrogens with two attached hydrogens (primary N) is 1. The van der Waals surface area contributed by atoms with Gasteiger partial charge in [-0.15, -0.1) is 0 Å². The van der Waals surface area contributed by atoms with Gasteiger partial charge < -0.3 is 15.4 Å². The summed E-state index contributed by atoms with van der Waals surface area (Å²) in [6.45, 7) is 4.75. The third kappa shape index (κ3) is 4.37. The number of benzene rings is 1. The Morgan fingerprint density at radius 1 is 1.43 bits per heavy atom. The van der Waals surface area contributed by atoms with Crippen LogP contribution in [0.1, 0.15) is 25.8 Å². The molecule has 23 heavy (non-hydrogen) atoms. The van der Waals surface area contributed by atoms with Crippen LogP contribution in [0.15, 0.2) is 24.3 Å². The predicted molar refractivity (Wildman–Crippen MR) is 79.9 cm³/mol. The first-order valence-electron chi connectivity index (χ1n) is 7.43. The number of rotatable bonds is 3. The Morgan fingerprint density at radius 2 is 2.13 bits per heavy atom. The van der Waals surface area contributed by atoms with Gasteiger partial charge in [0.1, 0.15) is 5.75 Å². The summed E-state index contributed by atoms with van der Waals surface area (Å²) in [6.07, 6.45) is -3.74. The number of likely N-dealkylation sites (tertiary alicyclic amines) is 1. The number of amides is 1. The Labute approximate surface area is 133 Å². The van der Waals surface area contributed by atoms with Gasteiger partial charge in [-0.3, -0.25) is 4.79 Å². The summed E-state index contributed by atoms with van der Waals surface area (Å²) < 4.78 is 43.1. The summed E-state index contributed by atoms with van der Waals surface area (Å²) in [6, 6.07) is 4.53. The average Bonchev–Trinajstić information content (AvgIpc) is 2.47. The van der Waals surface area contributed by atoms with Gasteiger partial charge in [0.2, 0.25) is 0 Å². The van der Waals surface area contributed by atoms with E-state index in [1.807, 2.05) is 13.8 Å². The van der Waals surface area contributed by atoms with Crippen molar-refractivity contribution in [1.29, 1.82) is 0 Å². The molecule has 1 amide bonds. The number of ether oxygens (including phenoxy) is 1. The van der Waals surface area contributed by atoms with Crippen LogP contribution in [0.3, 0.4) is 0 Å². The fourth-order valence-electron chi connectivity index (χ4n) is 2.59. The van der Waals surface area contributed by atoms with E-state index in [4.69, 9.17) is 10.5 Å². The van der Waals surface area contributed by atoms with E-state index in [2.05, 4.69) is 0 Å². The van der Waals surface area contributed by atoms with E-state index >= 15 is 0 Å². The van der Waals surface area contributed by atoms with E-state index in [0.29, 0.717) is 19.5 Å². The lowest BCUT2D eigenvalue weighted by Crippen LogP contribution is -2.54. The quantitative estimate of drug-likeness (QED) is 0.927. The van der Waals surface area contributed by atoms with E-state index in [1.54, 1.807) is 4.90 Å². The lowest BCUT2D eigenvalue weighted by molar-refractivity contribution is -0.137. The van der Waals surface area contributed by atoms with Crippen molar-refractivity contribution >= 4 is 5.91 Å². The van der Waals surface area contributed by atoms with Gasteiger partial charge in [-0.05, 0) is 30.0 Å². The van der Waals surface area contributed by atoms with Crippen molar-refractivity contribution in [3.63, 3.8) is 0 Å². The fraction of sp³-hybridized carbons (Fsp3) is 0.562. The number of alkyl halides is 3. The van der Waals surface area contributed by atoms with E-state index in [0.717, 1.165) is 12.1 Å². The molecule has 0 saturated carbocycles. The van der Waals surface area contributed by atoms with Crippen LogP contribution in [-0.4, -0.2) is 36.5 Å². The molecule has 1 heterocycles. The molecule has 1 unspecified atom stereocenters. The van der Waals surface area contributed by atoms with Crippen LogP contribution >= 0.6 is 0 Å². The van der Waals surface area contributed by atoms with Crippen LogP contribution in [0, 0.1) is 5.41 Å². The molecule has 1 aromatic rings. The molecule has 4 nitrogen and oxygen atoms in total. The van der Waals surface area contributed by atoms with Crippen LogP contribution in [0.25, 0.3) is 0 Å². The molecule has 0 aliphatic carbocycles. The molecule has 1 atom stereocenters. The molecule has 128 valence electrons. The third-order valence-corrected chi connectivity index (χ3v) is 4.19. The highest BCUT2D eigenvalue weighted by Crippen LogP contribution is 2.31. The zero-order chi connectivity index (χ0) is 17.3. The maximum atomic E-state index is 12.6. The molecule has 2 N–H and O–H groups in total. The second-order valence-electron chi connectivity index (χ2n) is 6.51. The van der Waals surface area contributed by atoms with Gasteiger partial charge in [0.15, 0.2) is 6.61 Å². The van der Waals surface area contributed by atoms with Gasteiger partial charge in [-0.1, -0.05) is 19.9 Å². The highest BCUT2D eigenvalue weighted by Gasteiger charge is 2.35. The Kier molecular flexibility index (Phi) is 4.89. The zero-order valence-electron chi connectivity index (χ0n) is 13.2. The van der Waals surface area contributed by atoms with Crippen LogP contribution in [0.2, 0.25) is 0 Å². The van der Waals surface area contributed by atoms with Gasteiger partial charge in [0.25, 0.3) is 5.91 Å². The first-order valence-corrected chi connectivity index (χ1v) is 7.43. The van der Waals surface area contributed by atoms with Crippen molar-refractivity contribution in [2.75, 3.05) is 19.7 Å². The van der Waals surface area contributed by atoms with Gasteiger partial charge in [-0.25, -0.2) is 0 Å². The smallest absolute Gasteiger partial charge is 0.416 e. The first kappa shape index (κ1) is 17.6. The number of nitrogens with zero attached hydrogens (tertiary/aromatic N) is 1. The Hall–Kier alpha value is -1.76. The molecule has 2 rings (SSSR count). The zero-order valence-corrected chi connectivity index (χ0v) is 13.2. The number of halogens is 3. The van der Waals surface area contributed by atoms with E-state index < -0.39 is 11.7 Å². The van der Waals surface area contributed by atoms with Gasteiger partial charge in [-0.2, -0.15) is 13.2 Å². The molecule has 0 spiro atoms. The van der Waals surface area contributed by atoms with E-state index in [-0.39, 0.29) is 29.7 Å². The molecule has 1 aromatic carbocycles. The summed E-state index contributed by atoms with van der Waals surface area (Å²) in [4.78, 5) is 13.8. The van der Waals surface area contributed by atoms with Crippen LogP contribution in [-0.2, 0) is 11.0 Å². The number of hydrogen-bond donors (Lipinski definition) is 1. The molecule has 7 heteroatoms. The molecule has 0 radical (unpaired) electrons. The maximum absolute atomic E-state index is 12.6. The number of carbonyl (C=O) groups excluding carboxylic acids is 1. The SMILES string of the molecule is CC1(C)CN(C(=O)COc2cccc(C(F)(F)F)c2)CCC1N. The van der Waals surface area contributed by atoms with E-state index in [1.165, 1.54) is 12.1 Å². The van der Waals surface area contributed by atoms with Crippen molar-refractivity contribution in [2.45, 2.75) is 32.5 Å². The highest BCUT2D eigenvalue weighted by atomic mass is 19.4. The molecule has 1 aliphatic rings. The molecule has 1 fully saturated rings. The third-order valence-electron chi connectivity index (χ3n) is 4.19. The van der Waals surface area contributed by atoms with Crippen LogP contribution in [0.4, 0.5) is 13.2 Å². The molecule has 0 aromatic heterocycles. The van der Waals surface area contributed by atoms with E-state index in [9.17, 15) is 18.0 Å². The molecule has 1 saturated heterocycles. The molecular weight excluding hydrogens is 309 g/mol. The minimum Gasteiger partial charge on any atom is -0.484 e. The minimum atomic E-state index is -4.43. The first-order chi connectivity index (χ1) is 10.6. The summed E-state index contributed by atoms with van der Waals surface area (Å²) >= 11 is 0. The van der Waals surface area contributed by atoms with Crippen molar-refractivity contribution < 1.29 is 22.7 Å². The minimum absolute atomic E-state index is 0.0240. The maximum Gasteiger partial charge on any atom is 0.416 e. The van der Waals surface area contributed by atoms with Gasteiger partial charge >= 0.3 is 6.18 Å².